The molecular formula is C49H64. The molecule has 0 heteroatoms. The van der Waals surface area contributed by atoms with Gasteiger partial charge in [0, 0.05) is 10.8 Å². The fourth-order valence-electron chi connectivity index (χ4n) is 11.2. The number of hydrogen-bond donors (Lipinski definition) is 0. The monoisotopic (exact) mass is 653 g/mol. The fourth-order valence-corrected chi connectivity index (χ4v) is 11.2. The largest absolute Gasteiger partial charge is 0.0645 e. The summed E-state index contributed by atoms with van der Waals surface area (Å²) < 4.78 is 0. The zero-order valence-corrected chi connectivity index (χ0v) is 32.3. The van der Waals surface area contributed by atoms with Gasteiger partial charge < -0.3 is 0 Å². The van der Waals surface area contributed by atoms with Gasteiger partial charge in [0.15, 0.2) is 0 Å². The highest BCUT2D eigenvalue weighted by Gasteiger charge is 2.61. The summed E-state index contributed by atoms with van der Waals surface area (Å²) in [5, 5.41) is 0. The Morgan fingerprint density at radius 3 is 1.71 bits per heavy atom. The summed E-state index contributed by atoms with van der Waals surface area (Å²) in [5.74, 6) is 2.15. The SMILES string of the molecule is CCC1=C(c2ccccc2)C(CC)(c2cc(CC)cc(CC)c2C2CC2)C(CC)(CC)C(C2CC2)=C1c1ccc(CC)c(CC)c1C1CC1. The molecule has 0 bridgehead atoms. The summed E-state index contributed by atoms with van der Waals surface area (Å²) in [4.78, 5) is 0. The Balaban J connectivity index is 1.70. The van der Waals surface area contributed by atoms with Crippen LogP contribution in [0, 0.1) is 11.3 Å². The minimum absolute atomic E-state index is 0.0553. The third-order valence-corrected chi connectivity index (χ3v) is 13.8. The Hall–Kier alpha value is -2.86. The molecule has 0 amide bonds. The maximum absolute atomic E-state index is 2.75. The van der Waals surface area contributed by atoms with Crippen molar-refractivity contribution in [2.45, 2.75) is 163 Å². The molecule has 0 aromatic heterocycles. The molecule has 0 nitrogen and oxygen atoms in total. The molecule has 7 rings (SSSR count). The first-order chi connectivity index (χ1) is 23.9. The first-order valence-electron chi connectivity index (χ1n) is 20.8. The van der Waals surface area contributed by atoms with Crippen molar-refractivity contribution < 1.29 is 0 Å². The van der Waals surface area contributed by atoms with E-state index in [9.17, 15) is 0 Å². The summed E-state index contributed by atoms with van der Waals surface area (Å²) in [6, 6.07) is 22.3. The molecule has 1 atom stereocenters. The van der Waals surface area contributed by atoms with Crippen LogP contribution in [0.3, 0.4) is 0 Å². The predicted molar refractivity (Wildman–Crippen MR) is 213 cm³/mol. The van der Waals surface area contributed by atoms with Crippen molar-refractivity contribution in [3.05, 3.63) is 116 Å². The third kappa shape index (κ3) is 5.36. The van der Waals surface area contributed by atoms with Gasteiger partial charge >= 0.3 is 0 Å². The number of allylic oxidation sites excluding steroid dienone is 4. The molecule has 0 saturated heterocycles. The maximum atomic E-state index is 2.75. The van der Waals surface area contributed by atoms with E-state index in [1.807, 2.05) is 5.57 Å². The Morgan fingerprint density at radius 1 is 0.571 bits per heavy atom. The summed E-state index contributed by atoms with van der Waals surface area (Å²) in [6.45, 7) is 19.8. The second-order valence-electron chi connectivity index (χ2n) is 16.0. The van der Waals surface area contributed by atoms with Gasteiger partial charge in [-0.05, 0) is 174 Å². The van der Waals surface area contributed by atoms with Crippen LogP contribution in [-0.2, 0) is 31.1 Å². The average Bonchev–Trinajstić information content (AvgIpc) is 3.99. The van der Waals surface area contributed by atoms with Crippen molar-refractivity contribution >= 4 is 11.1 Å². The van der Waals surface area contributed by atoms with Crippen molar-refractivity contribution in [2.75, 3.05) is 0 Å². The van der Waals surface area contributed by atoms with E-state index in [2.05, 4.69) is 110 Å². The second-order valence-corrected chi connectivity index (χ2v) is 16.0. The topological polar surface area (TPSA) is 0 Å². The lowest BCUT2D eigenvalue weighted by atomic mass is 9.44. The van der Waals surface area contributed by atoms with Crippen LogP contribution < -0.4 is 0 Å². The van der Waals surface area contributed by atoms with Gasteiger partial charge in [0.2, 0.25) is 0 Å². The van der Waals surface area contributed by atoms with Gasteiger partial charge in [-0.3, -0.25) is 0 Å². The van der Waals surface area contributed by atoms with Gasteiger partial charge in [0.25, 0.3) is 0 Å². The summed E-state index contributed by atoms with van der Waals surface area (Å²) >= 11 is 0. The molecular weight excluding hydrogens is 589 g/mol. The van der Waals surface area contributed by atoms with E-state index in [0.29, 0.717) is 5.92 Å². The molecule has 3 saturated carbocycles. The number of benzene rings is 3. The molecule has 1 unspecified atom stereocenters. The molecule has 0 radical (unpaired) electrons. The van der Waals surface area contributed by atoms with Crippen molar-refractivity contribution in [2.24, 2.45) is 11.3 Å². The van der Waals surface area contributed by atoms with Crippen LogP contribution in [0.5, 0.6) is 0 Å². The zero-order valence-electron chi connectivity index (χ0n) is 32.3. The second kappa shape index (κ2) is 13.7. The van der Waals surface area contributed by atoms with E-state index in [1.165, 1.54) is 62.5 Å². The quantitative estimate of drug-likeness (QED) is 0.163. The molecule has 3 aromatic rings. The highest BCUT2D eigenvalue weighted by atomic mass is 14.6. The van der Waals surface area contributed by atoms with Crippen LogP contribution in [0.1, 0.15) is 182 Å². The first kappa shape index (κ1) is 34.6. The highest BCUT2D eigenvalue weighted by molar-refractivity contribution is 5.99. The van der Waals surface area contributed by atoms with E-state index in [1.54, 1.807) is 55.7 Å². The van der Waals surface area contributed by atoms with E-state index < -0.39 is 0 Å². The van der Waals surface area contributed by atoms with Crippen molar-refractivity contribution in [1.82, 2.24) is 0 Å². The van der Waals surface area contributed by atoms with Gasteiger partial charge in [-0.25, -0.2) is 0 Å². The molecule has 4 aliphatic rings. The van der Waals surface area contributed by atoms with Gasteiger partial charge in [-0.1, -0.05) is 116 Å². The maximum Gasteiger partial charge on any atom is 0.0305 e. The van der Waals surface area contributed by atoms with Crippen LogP contribution in [0.15, 0.2) is 65.7 Å². The predicted octanol–water partition coefficient (Wildman–Crippen LogP) is 13.9. The lowest BCUT2D eigenvalue weighted by molar-refractivity contribution is 0.178. The van der Waals surface area contributed by atoms with Crippen LogP contribution >= 0.6 is 0 Å². The lowest BCUT2D eigenvalue weighted by Crippen LogP contribution is -2.51. The van der Waals surface area contributed by atoms with E-state index in [-0.39, 0.29) is 10.8 Å². The van der Waals surface area contributed by atoms with E-state index in [4.69, 9.17) is 0 Å². The van der Waals surface area contributed by atoms with Crippen LogP contribution in [0.4, 0.5) is 0 Å². The molecule has 260 valence electrons. The Morgan fingerprint density at radius 2 is 1.20 bits per heavy atom. The van der Waals surface area contributed by atoms with Gasteiger partial charge in [-0.15, -0.1) is 0 Å². The van der Waals surface area contributed by atoms with Gasteiger partial charge in [-0.2, -0.15) is 0 Å². The molecule has 0 spiro atoms. The summed E-state index contributed by atoms with van der Waals surface area (Å²) in [5.41, 5.74) is 21.6. The molecule has 3 fully saturated rings. The third-order valence-electron chi connectivity index (χ3n) is 13.8. The van der Waals surface area contributed by atoms with Crippen molar-refractivity contribution in [1.29, 1.82) is 0 Å². The number of hydrogen-bond acceptors (Lipinski definition) is 0. The fraction of sp³-hybridized carbons (Fsp3) is 0.551. The minimum atomic E-state index is -0.0751. The molecule has 3 aromatic carbocycles. The smallest absolute Gasteiger partial charge is 0.0305 e. The Bertz CT molecular complexity index is 1750. The molecule has 4 aliphatic carbocycles. The highest BCUT2D eigenvalue weighted by Crippen LogP contribution is 2.71. The van der Waals surface area contributed by atoms with Crippen molar-refractivity contribution in [3.8, 4) is 0 Å². The zero-order chi connectivity index (χ0) is 34.5. The van der Waals surface area contributed by atoms with E-state index in [0.717, 1.165) is 50.4 Å². The van der Waals surface area contributed by atoms with Crippen LogP contribution in [0.2, 0.25) is 0 Å². The van der Waals surface area contributed by atoms with Crippen LogP contribution in [-0.4, -0.2) is 0 Å². The Labute approximate surface area is 299 Å². The normalized spacial score (nSPS) is 22.3. The van der Waals surface area contributed by atoms with Gasteiger partial charge in [0.1, 0.15) is 0 Å². The number of aryl methyl sites for hydroxylation is 3. The van der Waals surface area contributed by atoms with Gasteiger partial charge in [0.05, 0.1) is 0 Å². The molecule has 0 aliphatic heterocycles. The molecule has 0 N–H and O–H groups in total. The molecule has 0 heterocycles. The lowest BCUT2D eigenvalue weighted by Gasteiger charge is -2.59. The minimum Gasteiger partial charge on any atom is -0.0645 e. The summed E-state index contributed by atoms with van der Waals surface area (Å²) in [6.07, 6.45) is 17.2. The standard InChI is InChI=1S/C49H64/c1-9-32-30-34(11-3)43(35-22-23-35)42(31-32)49(16-8)46(37-20-18-17-19-21-37)40(13-5)45(47(38-26-27-38)48(49,14-6)15-7)41-29-28-33(10-2)39(12-4)44(41)36-24-25-36/h17-21,28-31,35-36,38H,9-16,22-27H2,1-8H3. The Kier molecular flexibility index (Phi) is 9.66. The average molecular weight is 653 g/mol. The first-order valence-corrected chi connectivity index (χ1v) is 20.8. The number of rotatable bonds is 14. The molecule has 49 heavy (non-hydrogen) atoms. The van der Waals surface area contributed by atoms with E-state index >= 15 is 0 Å². The van der Waals surface area contributed by atoms with Crippen molar-refractivity contribution in [3.63, 3.8) is 0 Å². The summed E-state index contributed by atoms with van der Waals surface area (Å²) in [7, 11) is 0. The van der Waals surface area contributed by atoms with Crippen LogP contribution in [0.25, 0.3) is 11.1 Å².